The summed E-state index contributed by atoms with van der Waals surface area (Å²) in [5, 5.41) is 19.8. The summed E-state index contributed by atoms with van der Waals surface area (Å²) < 4.78 is 79.0. The van der Waals surface area contributed by atoms with Crippen molar-refractivity contribution in [2.45, 2.75) is 28.5 Å². The van der Waals surface area contributed by atoms with E-state index in [-0.39, 0.29) is 33.9 Å². The highest BCUT2D eigenvalue weighted by Crippen LogP contribution is 2.67. The number of halogens is 7. The SMILES string of the molecule is COc1ccc(C2C3=CCC4C(=O)N(c5ccc(N=Nc6ccc(N(C)C)cc6)cc5)C(=O)C4C3CC3(Cl)C(=O)N(c4c(F)c(F)c(F)c(F)c4F)C(=O)C23Cl)c(O)c1. The lowest BCUT2D eigenvalue weighted by Crippen LogP contribution is -2.60. The molecule has 11 nitrogen and oxygen atoms in total. The number of carbonyl (C=O) groups is 4. The van der Waals surface area contributed by atoms with E-state index >= 15 is 8.78 Å². The van der Waals surface area contributed by atoms with Crippen LogP contribution in [0.4, 0.5) is 50.4 Å². The molecule has 6 atom stereocenters. The second-order valence-corrected chi connectivity index (χ2v) is 16.0. The second-order valence-electron chi connectivity index (χ2n) is 14.8. The first-order valence-corrected chi connectivity index (χ1v) is 18.7. The van der Waals surface area contributed by atoms with E-state index in [9.17, 15) is 37.5 Å². The molecule has 0 aromatic heterocycles. The Hall–Kier alpha value is -5.87. The Balaban J connectivity index is 1.19. The van der Waals surface area contributed by atoms with E-state index < -0.39 is 104 Å². The van der Waals surface area contributed by atoms with Crippen LogP contribution in [0.5, 0.6) is 11.5 Å². The van der Waals surface area contributed by atoms with Gasteiger partial charge in [0.2, 0.25) is 17.6 Å². The van der Waals surface area contributed by atoms with Crippen LogP contribution in [0.3, 0.4) is 0 Å². The molecule has 2 saturated heterocycles. The molecule has 0 radical (unpaired) electrons. The Kier molecular flexibility index (Phi) is 9.58. The zero-order chi connectivity index (χ0) is 42.5. The average Bonchev–Trinajstić information content (AvgIpc) is 3.56. The Morgan fingerprint density at radius 3 is 1.90 bits per heavy atom. The minimum absolute atomic E-state index is 0.0877. The van der Waals surface area contributed by atoms with Crippen molar-refractivity contribution < 1.29 is 51.0 Å². The van der Waals surface area contributed by atoms with Gasteiger partial charge < -0.3 is 14.7 Å². The van der Waals surface area contributed by atoms with Gasteiger partial charge in [-0.2, -0.15) is 10.2 Å². The zero-order valence-electron chi connectivity index (χ0n) is 31.0. The summed E-state index contributed by atoms with van der Waals surface area (Å²) in [5.41, 5.74) is 0.274. The molecule has 304 valence electrons. The number of imide groups is 2. The first kappa shape index (κ1) is 39.9. The number of azo groups is 1. The number of benzene rings is 4. The molecule has 4 aliphatic rings. The van der Waals surface area contributed by atoms with Crippen molar-refractivity contribution in [3.63, 3.8) is 0 Å². The van der Waals surface area contributed by atoms with Gasteiger partial charge in [-0.15, -0.1) is 23.2 Å². The standard InChI is InChI=1S/C41H30Cl2F5N5O6/c1-51(2)20-8-4-18(5-9-20)49-50-19-6-10-21(11-7-19)52-36(55)25-15-14-23-26(28(25)37(52)56)17-40(42)38(57)53(35-33(47)31(45)30(44)32(46)34(35)48)39(58)41(40,43)29(23)24-13-12-22(59-3)16-27(24)54/h4-14,16,25-26,28-29,54H,15,17H2,1-3H3. The van der Waals surface area contributed by atoms with Crippen LogP contribution < -0.4 is 19.4 Å². The van der Waals surface area contributed by atoms with Gasteiger partial charge >= 0.3 is 0 Å². The number of phenols is 1. The van der Waals surface area contributed by atoms with Crippen LogP contribution in [0.2, 0.25) is 0 Å². The number of hydrogen-bond donors (Lipinski definition) is 1. The molecule has 0 bridgehead atoms. The second kappa shape index (κ2) is 14.2. The Labute approximate surface area is 342 Å². The van der Waals surface area contributed by atoms with Gasteiger partial charge in [-0.3, -0.25) is 24.1 Å². The van der Waals surface area contributed by atoms with Crippen LogP contribution in [0, 0.1) is 46.8 Å². The van der Waals surface area contributed by atoms with E-state index in [4.69, 9.17) is 27.9 Å². The smallest absolute Gasteiger partial charge is 0.258 e. The number of nitrogens with zero attached hydrogens (tertiary/aromatic N) is 5. The molecule has 1 saturated carbocycles. The summed E-state index contributed by atoms with van der Waals surface area (Å²) in [6, 6.07) is 17.2. The highest BCUT2D eigenvalue weighted by molar-refractivity contribution is 6.58. The summed E-state index contributed by atoms with van der Waals surface area (Å²) in [4.78, 5) is 54.5. The van der Waals surface area contributed by atoms with Gasteiger partial charge in [-0.1, -0.05) is 17.7 Å². The maximum atomic E-state index is 15.3. The third kappa shape index (κ3) is 5.74. The monoisotopic (exact) mass is 853 g/mol. The van der Waals surface area contributed by atoms with Gasteiger partial charge in [0.25, 0.3) is 11.8 Å². The first-order valence-electron chi connectivity index (χ1n) is 18.0. The fourth-order valence-electron chi connectivity index (χ4n) is 8.66. The van der Waals surface area contributed by atoms with Crippen LogP contribution in [0.15, 0.2) is 88.6 Å². The lowest BCUT2D eigenvalue weighted by molar-refractivity contribution is -0.125. The summed E-state index contributed by atoms with van der Waals surface area (Å²) >= 11 is 14.3. The van der Waals surface area contributed by atoms with E-state index in [1.807, 2.05) is 31.1 Å². The Morgan fingerprint density at radius 1 is 0.763 bits per heavy atom. The molecular weight excluding hydrogens is 824 g/mol. The third-order valence-electron chi connectivity index (χ3n) is 11.5. The minimum Gasteiger partial charge on any atom is -0.508 e. The van der Waals surface area contributed by atoms with Crippen molar-refractivity contribution in [2.24, 2.45) is 28.0 Å². The Bertz CT molecular complexity index is 2530. The van der Waals surface area contributed by atoms with Crippen LogP contribution >= 0.6 is 23.2 Å². The van der Waals surface area contributed by atoms with Gasteiger partial charge in [0.1, 0.15) is 17.2 Å². The predicted octanol–water partition coefficient (Wildman–Crippen LogP) is 8.35. The minimum atomic E-state index is -2.79. The Morgan fingerprint density at radius 2 is 1.34 bits per heavy atom. The van der Waals surface area contributed by atoms with Gasteiger partial charge in [0.15, 0.2) is 33.0 Å². The van der Waals surface area contributed by atoms with Crippen molar-refractivity contribution in [3.05, 3.63) is 113 Å². The summed E-state index contributed by atoms with van der Waals surface area (Å²) in [5.74, 6) is -22.5. The summed E-state index contributed by atoms with van der Waals surface area (Å²) in [7, 11) is 5.11. The topological polar surface area (TPSA) is 132 Å². The molecule has 0 spiro atoms. The molecule has 2 aliphatic heterocycles. The van der Waals surface area contributed by atoms with E-state index in [1.54, 1.807) is 24.3 Å². The zero-order valence-corrected chi connectivity index (χ0v) is 32.5. The van der Waals surface area contributed by atoms with Crippen molar-refractivity contribution in [1.29, 1.82) is 0 Å². The van der Waals surface area contributed by atoms with Crippen molar-refractivity contribution in [2.75, 3.05) is 35.9 Å². The number of phenolic OH excluding ortho intramolecular Hbond substituents is 1. The molecule has 6 unspecified atom stereocenters. The third-order valence-corrected chi connectivity index (χ3v) is 12.9. The molecule has 4 amide bonds. The number of anilines is 3. The van der Waals surface area contributed by atoms with Crippen LogP contribution in [-0.2, 0) is 19.2 Å². The number of carbonyl (C=O) groups excluding carboxylic acids is 4. The number of amides is 4. The molecule has 2 aliphatic carbocycles. The maximum absolute atomic E-state index is 15.3. The number of allylic oxidation sites excluding steroid dienone is 2. The van der Waals surface area contributed by atoms with Gasteiger partial charge in [0.05, 0.1) is 36.0 Å². The molecule has 4 aromatic carbocycles. The van der Waals surface area contributed by atoms with E-state index in [1.165, 1.54) is 37.5 Å². The number of aromatic hydroxyl groups is 1. The normalized spacial score (nSPS) is 26.3. The fraction of sp³-hybridized carbons (Fsp3) is 0.268. The highest BCUT2D eigenvalue weighted by Gasteiger charge is 2.77. The molecular formula is C41H30Cl2F5N5O6. The number of rotatable bonds is 7. The first-order chi connectivity index (χ1) is 28.0. The molecule has 59 heavy (non-hydrogen) atoms. The fourth-order valence-corrected chi connectivity index (χ4v) is 9.59. The van der Waals surface area contributed by atoms with Gasteiger partial charge in [0, 0.05) is 37.3 Å². The molecule has 4 aromatic rings. The van der Waals surface area contributed by atoms with Crippen molar-refractivity contribution in [3.8, 4) is 11.5 Å². The van der Waals surface area contributed by atoms with Gasteiger partial charge in [-0.25, -0.2) is 26.9 Å². The lowest BCUT2D eigenvalue weighted by atomic mass is 9.56. The van der Waals surface area contributed by atoms with E-state index in [2.05, 4.69) is 10.2 Å². The van der Waals surface area contributed by atoms with Crippen LogP contribution in [-0.4, -0.2) is 59.7 Å². The van der Waals surface area contributed by atoms with E-state index in [0.717, 1.165) is 16.7 Å². The largest absolute Gasteiger partial charge is 0.508 e. The van der Waals surface area contributed by atoms with Crippen LogP contribution in [0.1, 0.15) is 24.3 Å². The molecule has 1 N–H and O–H groups in total. The van der Waals surface area contributed by atoms with Crippen molar-refractivity contribution in [1.82, 2.24) is 0 Å². The predicted molar refractivity (Wildman–Crippen MR) is 205 cm³/mol. The number of alkyl halides is 2. The van der Waals surface area contributed by atoms with Gasteiger partial charge in [-0.05, 0) is 73.4 Å². The lowest BCUT2D eigenvalue weighted by Gasteiger charge is -2.50. The molecule has 8 rings (SSSR count). The summed E-state index contributed by atoms with van der Waals surface area (Å²) in [6.45, 7) is 0. The quantitative estimate of drug-likeness (QED) is 0.0376. The number of ether oxygens (including phenoxy) is 1. The molecule has 18 heteroatoms. The van der Waals surface area contributed by atoms with Crippen molar-refractivity contribution >= 4 is 75.3 Å². The number of fused-ring (bicyclic) bond motifs is 4. The summed E-state index contributed by atoms with van der Waals surface area (Å²) in [6.07, 6.45) is 0.745. The highest BCUT2D eigenvalue weighted by atomic mass is 35.5. The molecule has 3 fully saturated rings. The maximum Gasteiger partial charge on any atom is 0.258 e. The average molecular weight is 855 g/mol. The van der Waals surface area contributed by atoms with E-state index in [0.29, 0.717) is 11.4 Å². The number of methoxy groups -OCH3 is 1. The number of hydrogen-bond acceptors (Lipinski definition) is 9. The van der Waals surface area contributed by atoms with Crippen LogP contribution in [0.25, 0.3) is 0 Å². The molecule has 2 heterocycles.